The van der Waals surface area contributed by atoms with Crippen molar-refractivity contribution in [3.05, 3.63) is 11.8 Å². The van der Waals surface area contributed by atoms with Gasteiger partial charge in [-0.05, 0) is 12.8 Å². The molecule has 1 saturated heterocycles. The predicted octanol–water partition coefficient (Wildman–Crippen LogP) is 0.202. The third kappa shape index (κ3) is 2.10. The molecule has 0 aromatic heterocycles. The summed E-state index contributed by atoms with van der Waals surface area (Å²) >= 11 is 0. The van der Waals surface area contributed by atoms with Crippen molar-refractivity contribution in [3.8, 4) is 0 Å². The number of aliphatic hydroxyl groups is 1. The molecular weight excluding hydrogens is 240 g/mol. The summed E-state index contributed by atoms with van der Waals surface area (Å²) in [6.07, 6.45) is 2.31. The molecule has 0 radical (unpaired) electrons. The number of nitrogens with zero attached hydrogens (tertiary/aromatic N) is 2. The Morgan fingerprint density at radius 1 is 1.39 bits per heavy atom. The highest BCUT2D eigenvalue weighted by Crippen LogP contribution is 2.39. The first-order valence-corrected chi connectivity index (χ1v) is 5.80. The van der Waals surface area contributed by atoms with E-state index in [0.29, 0.717) is 25.9 Å². The molecule has 2 rings (SSSR count). The molecule has 1 N–H and O–H groups in total. The van der Waals surface area contributed by atoms with Crippen LogP contribution in [0.5, 0.6) is 0 Å². The minimum atomic E-state index is -0.773. The van der Waals surface area contributed by atoms with E-state index in [9.17, 15) is 9.90 Å². The highest BCUT2D eigenvalue weighted by atomic mass is 16.8. The fourth-order valence-electron chi connectivity index (χ4n) is 2.42. The number of carbonyl (C=O) groups excluding carboxylic acids is 1. The van der Waals surface area contributed by atoms with Crippen molar-refractivity contribution in [3.63, 3.8) is 0 Å². The van der Waals surface area contributed by atoms with Crippen LogP contribution in [0, 0.1) is 0 Å². The molecule has 0 saturated carbocycles. The highest BCUT2D eigenvalue weighted by molar-refractivity contribution is 5.91. The molecule has 2 aliphatic rings. The molecule has 2 heterocycles. The Morgan fingerprint density at radius 2 is 2.06 bits per heavy atom. The van der Waals surface area contributed by atoms with Crippen LogP contribution in [0.4, 0.5) is 0 Å². The fourth-order valence-corrected chi connectivity index (χ4v) is 2.42. The maximum absolute atomic E-state index is 11.8. The average Bonchev–Trinajstić information content (AvgIpc) is 2.60. The first kappa shape index (κ1) is 13.3. The van der Waals surface area contributed by atoms with Crippen molar-refractivity contribution in [1.29, 1.82) is 0 Å². The van der Waals surface area contributed by atoms with Crippen LogP contribution in [0.2, 0.25) is 0 Å². The van der Waals surface area contributed by atoms with Crippen molar-refractivity contribution in [2.45, 2.75) is 18.4 Å². The van der Waals surface area contributed by atoms with E-state index in [1.165, 1.54) is 18.2 Å². The maximum Gasteiger partial charge on any atom is 0.274 e. The van der Waals surface area contributed by atoms with Crippen molar-refractivity contribution in [2.24, 2.45) is 0 Å². The van der Waals surface area contributed by atoms with Gasteiger partial charge < -0.3 is 14.7 Å². The lowest BCUT2D eigenvalue weighted by Gasteiger charge is -2.42. The smallest absolute Gasteiger partial charge is 0.274 e. The summed E-state index contributed by atoms with van der Waals surface area (Å²) in [7, 11) is 3.08. The van der Waals surface area contributed by atoms with Crippen LogP contribution >= 0.6 is 0 Å². The van der Waals surface area contributed by atoms with Crippen LogP contribution in [0.3, 0.4) is 0 Å². The molecule has 0 bridgehead atoms. The van der Waals surface area contributed by atoms with Gasteiger partial charge >= 0.3 is 0 Å². The van der Waals surface area contributed by atoms with Crippen LogP contribution in [-0.2, 0) is 19.2 Å². The van der Waals surface area contributed by atoms with Gasteiger partial charge in [0.15, 0.2) is 6.79 Å². The first-order chi connectivity index (χ1) is 8.64. The number of hydroxylamine groups is 4. The van der Waals surface area contributed by atoms with Gasteiger partial charge in [-0.2, -0.15) is 5.06 Å². The lowest BCUT2D eigenvalue weighted by Crippen LogP contribution is -2.55. The van der Waals surface area contributed by atoms with Gasteiger partial charge in [-0.25, -0.2) is 9.90 Å². The van der Waals surface area contributed by atoms with Crippen LogP contribution in [0.15, 0.2) is 11.8 Å². The topological polar surface area (TPSA) is 71.5 Å². The molecule has 2 aliphatic heterocycles. The second-order valence-electron chi connectivity index (χ2n) is 4.34. The van der Waals surface area contributed by atoms with Gasteiger partial charge in [-0.1, -0.05) is 0 Å². The Balaban J connectivity index is 2.12. The summed E-state index contributed by atoms with van der Waals surface area (Å²) in [5.41, 5.74) is -0.773. The minimum absolute atomic E-state index is 0.0252. The molecule has 0 aliphatic carbocycles. The first-order valence-electron chi connectivity index (χ1n) is 5.80. The van der Waals surface area contributed by atoms with E-state index in [2.05, 4.69) is 0 Å². The third-order valence-electron chi connectivity index (χ3n) is 3.43. The number of ether oxygens (including phenoxy) is 1. The number of methoxy groups -OCH3 is 1. The molecule has 102 valence electrons. The molecule has 7 heteroatoms. The van der Waals surface area contributed by atoms with Gasteiger partial charge in [0, 0.05) is 26.3 Å². The van der Waals surface area contributed by atoms with E-state index in [4.69, 9.17) is 14.4 Å². The van der Waals surface area contributed by atoms with Crippen LogP contribution in [0.25, 0.3) is 0 Å². The Hall–Kier alpha value is -1.15. The summed E-state index contributed by atoms with van der Waals surface area (Å²) in [6.45, 7) is 1.21. The number of hydrogen-bond acceptors (Lipinski definition) is 6. The molecule has 1 amide bonds. The number of piperidine rings is 1. The van der Waals surface area contributed by atoms with E-state index in [1.54, 1.807) is 12.2 Å². The van der Waals surface area contributed by atoms with Gasteiger partial charge in [-0.3, -0.25) is 4.79 Å². The zero-order valence-electron chi connectivity index (χ0n) is 10.6. The van der Waals surface area contributed by atoms with Gasteiger partial charge in [0.05, 0.1) is 7.11 Å². The summed E-state index contributed by atoms with van der Waals surface area (Å²) in [5, 5.41) is 13.0. The normalized spacial score (nSPS) is 23.8. The number of hydrogen-bond donors (Lipinski definition) is 1. The van der Waals surface area contributed by atoms with Crippen molar-refractivity contribution in [2.75, 3.05) is 34.1 Å². The summed E-state index contributed by atoms with van der Waals surface area (Å²) in [4.78, 5) is 22.2. The van der Waals surface area contributed by atoms with Gasteiger partial charge in [0.2, 0.25) is 0 Å². The lowest BCUT2D eigenvalue weighted by atomic mass is 9.87. The van der Waals surface area contributed by atoms with Gasteiger partial charge in [0.25, 0.3) is 5.91 Å². The summed E-state index contributed by atoms with van der Waals surface area (Å²) in [6, 6.07) is 0. The maximum atomic E-state index is 11.8. The lowest BCUT2D eigenvalue weighted by molar-refractivity contribution is -0.260. The minimum Gasteiger partial charge on any atom is -0.509 e. The second-order valence-corrected chi connectivity index (χ2v) is 4.34. The zero-order chi connectivity index (χ0) is 13.2. The zero-order valence-corrected chi connectivity index (χ0v) is 10.6. The molecule has 1 spiro atoms. The van der Waals surface area contributed by atoms with E-state index in [-0.39, 0.29) is 18.5 Å². The Morgan fingerprint density at radius 3 is 2.61 bits per heavy atom. The largest absolute Gasteiger partial charge is 0.509 e. The number of aliphatic hydroxyl groups excluding tert-OH is 1. The molecule has 0 atom stereocenters. The summed E-state index contributed by atoms with van der Waals surface area (Å²) < 4.78 is 4.81. The molecule has 7 nitrogen and oxygen atoms in total. The van der Waals surface area contributed by atoms with Crippen LogP contribution in [0.1, 0.15) is 12.8 Å². The number of carbonyl (C=O) groups is 1. The van der Waals surface area contributed by atoms with E-state index >= 15 is 0 Å². The third-order valence-corrected chi connectivity index (χ3v) is 3.43. The van der Waals surface area contributed by atoms with E-state index < -0.39 is 5.54 Å². The Bertz CT molecular complexity index is 349. The van der Waals surface area contributed by atoms with Crippen molar-refractivity contribution < 1.29 is 24.3 Å². The second kappa shape index (κ2) is 5.23. The standard InChI is InChI=1S/C11H18N2O5/c1-16-8-18-13-10(15)7-9(14)11(13)3-5-12(17-2)6-4-11/h7,14H,3-6,8H2,1-2H3. The van der Waals surface area contributed by atoms with Crippen LogP contribution < -0.4 is 0 Å². The molecule has 0 aromatic carbocycles. The Labute approximate surface area is 105 Å². The fraction of sp³-hybridized carbons (Fsp3) is 0.727. The molecule has 1 fully saturated rings. The average molecular weight is 258 g/mol. The SMILES string of the molecule is COCON1C(=O)C=C(O)C12CCN(OC)CC2. The molecule has 18 heavy (non-hydrogen) atoms. The number of rotatable bonds is 4. The number of amides is 1. The van der Waals surface area contributed by atoms with E-state index in [0.717, 1.165) is 0 Å². The molecular formula is C11H18N2O5. The predicted molar refractivity (Wildman–Crippen MR) is 61.1 cm³/mol. The van der Waals surface area contributed by atoms with Gasteiger partial charge in [-0.15, -0.1) is 0 Å². The summed E-state index contributed by atoms with van der Waals surface area (Å²) in [5.74, 6) is -0.297. The Kier molecular flexibility index (Phi) is 3.86. The van der Waals surface area contributed by atoms with E-state index in [1.807, 2.05) is 0 Å². The van der Waals surface area contributed by atoms with Gasteiger partial charge in [0.1, 0.15) is 11.3 Å². The molecule has 0 unspecified atom stereocenters. The van der Waals surface area contributed by atoms with Crippen molar-refractivity contribution >= 4 is 5.91 Å². The monoisotopic (exact) mass is 258 g/mol. The highest BCUT2D eigenvalue weighted by Gasteiger charge is 2.51. The molecule has 0 aromatic rings. The van der Waals surface area contributed by atoms with Crippen LogP contribution in [-0.4, -0.2) is 60.8 Å². The van der Waals surface area contributed by atoms with Crippen molar-refractivity contribution in [1.82, 2.24) is 10.1 Å². The quantitative estimate of drug-likeness (QED) is 0.726.